The van der Waals surface area contributed by atoms with Crippen LogP contribution < -0.4 is 5.32 Å². The molecule has 0 fully saturated rings. The van der Waals surface area contributed by atoms with Crippen LogP contribution in [0.25, 0.3) is 11.3 Å². The summed E-state index contributed by atoms with van der Waals surface area (Å²) < 4.78 is 32.4. The van der Waals surface area contributed by atoms with E-state index in [1.54, 1.807) is 26.0 Å². The summed E-state index contributed by atoms with van der Waals surface area (Å²) in [5.74, 6) is -1.22. The van der Waals surface area contributed by atoms with Gasteiger partial charge in [-0.05, 0) is 43.7 Å². The highest BCUT2D eigenvalue weighted by molar-refractivity contribution is 6.33. The van der Waals surface area contributed by atoms with Gasteiger partial charge in [-0.15, -0.1) is 0 Å². The molecule has 1 unspecified atom stereocenters. The van der Waals surface area contributed by atoms with Gasteiger partial charge in [0.05, 0.1) is 16.6 Å². The van der Waals surface area contributed by atoms with Crippen molar-refractivity contribution in [3.8, 4) is 11.3 Å². The maximum Gasteiger partial charge on any atom is 0.257 e. The Morgan fingerprint density at radius 3 is 2.54 bits per heavy atom. The van der Waals surface area contributed by atoms with Crippen molar-refractivity contribution >= 4 is 17.5 Å². The molecule has 2 aromatic carbocycles. The lowest BCUT2D eigenvalue weighted by Crippen LogP contribution is -2.27. The third-order valence-electron chi connectivity index (χ3n) is 4.01. The molecule has 3 rings (SSSR count). The summed E-state index contributed by atoms with van der Waals surface area (Å²) in [6.45, 7) is 3.31. The molecule has 0 bridgehead atoms. The highest BCUT2D eigenvalue weighted by Crippen LogP contribution is 2.33. The first-order chi connectivity index (χ1) is 12.4. The molecule has 1 atom stereocenters. The molecule has 0 radical (unpaired) electrons. The zero-order chi connectivity index (χ0) is 18.8. The number of aromatic nitrogens is 1. The van der Waals surface area contributed by atoms with E-state index in [-0.39, 0.29) is 33.4 Å². The van der Waals surface area contributed by atoms with Crippen LogP contribution in [0.4, 0.5) is 8.78 Å². The lowest BCUT2D eigenvalue weighted by Gasteiger charge is -2.14. The third kappa shape index (κ3) is 3.46. The fraction of sp³-hybridized carbons (Fsp3) is 0.158. The Kier molecular flexibility index (Phi) is 5.04. The second-order valence-corrected chi connectivity index (χ2v) is 6.21. The monoisotopic (exact) mass is 376 g/mol. The van der Waals surface area contributed by atoms with Crippen molar-refractivity contribution < 1.29 is 18.1 Å². The zero-order valence-electron chi connectivity index (χ0n) is 14.0. The van der Waals surface area contributed by atoms with E-state index >= 15 is 0 Å². The number of aryl methyl sites for hydroxylation is 1. The molecular weight excluding hydrogens is 362 g/mol. The van der Waals surface area contributed by atoms with Crippen LogP contribution in [0.5, 0.6) is 0 Å². The van der Waals surface area contributed by atoms with E-state index in [9.17, 15) is 13.6 Å². The molecule has 4 nitrogen and oxygen atoms in total. The summed E-state index contributed by atoms with van der Waals surface area (Å²) in [4.78, 5) is 12.7. The highest BCUT2D eigenvalue weighted by Gasteiger charge is 2.26. The fourth-order valence-electron chi connectivity index (χ4n) is 2.64. The summed E-state index contributed by atoms with van der Waals surface area (Å²) in [6.07, 6.45) is 0. The summed E-state index contributed by atoms with van der Waals surface area (Å²) in [6, 6.07) is 9.58. The largest absolute Gasteiger partial charge is 0.360 e. The lowest BCUT2D eigenvalue weighted by molar-refractivity contribution is 0.0939. The maximum absolute atomic E-state index is 14.2. The Balaban J connectivity index is 1.93. The molecule has 3 aromatic rings. The van der Waals surface area contributed by atoms with Crippen molar-refractivity contribution in [3.05, 3.63) is 76.0 Å². The van der Waals surface area contributed by atoms with Crippen LogP contribution >= 0.6 is 11.6 Å². The molecule has 1 N–H and O–H groups in total. The Bertz CT molecular complexity index is 934. The third-order valence-corrected chi connectivity index (χ3v) is 4.32. The van der Waals surface area contributed by atoms with Crippen LogP contribution in [0.2, 0.25) is 5.02 Å². The molecule has 1 aromatic heterocycles. The number of amides is 1. The van der Waals surface area contributed by atoms with Gasteiger partial charge in [0.1, 0.15) is 28.7 Å². The van der Waals surface area contributed by atoms with Gasteiger partial charge in [0.2, 0.25) is 0 Å². The molecule has 26 heavy (non-hydrogen) atoms. The quantitative estimate of drug-likeness (QED) is 0.691. The van der Waals surface area contributed by atoms with Gasteiger partial charge < -0.3 is 9.84 Å². The minimum Gasteiger partial charge on any atom is -0.360 e. The van der Waals surface area contributed by atoms with E-state index in [1.807, 2.05) is 0 Å². The zero-order valence-corrected chi connectivity index (χ0v) is 14.8. The van der Waals surface area contributed by atoms with Gasteiger partial charge in [-0.25, -0.2) is 8.78 Å². The average molecular weight is 377 g/mol. The highest BCUT2D eigenvalue weighted by atomic mass is 35.5. The predicted molar refractivity (Wildman–Crippen MR) is 93.9 cm³/mol. The van der Waals surface area contributed by atoms with Crippen LogP contribution in [-0.2, 0) is 0 Å². The minimum absolute atomic E-state index is 0.00519. The Hall–Kier alpha value is -2.73. The van der Waals surface area contributed by atoms with Gasteiger partial charge >= 0.3 is 0 Å². The number of rotatable bonds is 4. The molecule has 0 aliphatic heterocycles. The van der Waals surface area contributed by atoms with E-state index in [1.165, 1.54) is 30.3 Å². The Morgan fingerprint density at radius 2 is 1.88 bits per heavy atom. The van der Waals surface area contributed by atoms with Crippen LogP contribution in [0, 0.1) is 18.6 Å². The number of nitrogens with zero attached hydrogens (tertiary/aromatic N) is 1. The average Bonchev–Trinajstić information content (AvgIpc) is 2.96. The first-order valence-corrected chi connectivity index (χ1v) is 8.23. The van der Waals surface area contributed by atoms with E-state index in [4.69, 9.17) is 16.1 Å². The second kappa shape index (κ2) is 7.25. The molecule has 7 heteroatoms. The number of halogens is 3. The van der Waals surface area contributed by atoms with Crippen molar-refractivity contribution in [2.24, 2.45) is 0 Å². The summed E-state index contributed by atoms with van der Waals surface area (Å²) in [5, 5.41) is 6.72. The summed E-state index contributed by atoms with van der Waals surface area (Å²) in [7, 11) is 0. The number of benzene rings is 2. The molecule has 0 aliphatic carbocycles. The first kappa shape index (κ1) is 18.1. The number of nitrogens with one attached hydrogen (secondary N) is 1. The van der Waals surface area contributed by atoms with Crippen molar-refractivity contribution in [1.29, 1.82) is 0 Å². The van der Waals surface area contributed by atoms with Crippen LogP contribution in [0.3, 0.4) is 0 Å². The predicted octanol–water partition coefficient (Wildman–Crippen LogP) is 5.07. The maximum atomic E-state index is 14.2. The van der Waals surface area contributed by atoms with E-state index in [2.05, 4.69) is 10.5 Å². The minimum atomic E-state index is -0.605. The van der Waals surface area contributed by atoms with Gasteiger partial charge in [-0.1, -0.05) is 35.0 Å². The van der Waals surface area contributed by atoms with Gasteiger partial charge in [0, 0.05) is 0 Å². The van der Waals surface area contributed by atoms with Crippen molar-refractivity contribution in [2.45, 2.75) is 19.9 Å². The fourth-order valence-corrected chi connectivity index (χ4v) is 2.89. The van der Waals surface area contributed by atoms with Crippen molar-refractivity contribution in [1.82, 2.24) is 10.5 Å². The number of carbonyl (C=O) groups excluding carboxylic acids is 1. The smallest absolute Gasteiger partial charge is 0.257 e. The topological polar surface area (TPSA) is 55.1 Å². The number of hydrogen-bond acceptors (Lipinski definition) is 3. The second-order valence-electron chi connectivity index (χ2n) is 5.81. The van der Waals surface area contributed by atoms with Gasteiger partial charge in [0.25, 0.3) is 5.91 Å². The molecule has 0 aliphatic rings. The van der Waals surface area contributed by atoms with Crippen molar-refractivity contribution in [3.63, 3.8) is 0 Å². The molecule has 1 amide bonds. The van der Waals surface area contributed by atoms with Crippen LogP contribution in [0.15, 0.2) is 47.0 Å². The Morgan fingerprint density at radius 1 is 1.19 bits per heavy atom. The number of hydrogen-bond donors (Lipinski definition) is 1. The van der Waals surface area contributed by atoms with Gasteiger partial charge in [0.15, 0.2) is 0 Å². The first-order valence-electron chi connectivity index (χ1n) is 7.85. The molecular formula is C19H15ClF2N2O2. The normalized spacial score (nSPS) is 12.0. The van der Waals surface area contributed by atoms with E-state index in [0.29, 0.717) is 0 Å². The lowest BCUT2D eigenvalue weighted by atomic mass is 10.0. The van der Waals surface area contributed by atoms with Gasteiger partial charge in [-0.2, -0.15) is 0 Å². The molecule has 0 saturated carbocycles. The molecule has 134 valence electrons. The Labute approximate surface area is 153 Å². The summed E-state index contributed by atoms with van der Waals surface area (Å²) in [5.41, 5.74) is 0.866. The van der Waals surface area contributed by atoms with Crippen LogP contribution in [0.1, 0.15) is 34.6 Å². The van der Waals surface area contributed by atoms with Crippen LogP contribution in [-0.4, -0.2) is 11.1 Å². The van der Waals surface area contributed by atoms with E-state index in [0.717, 1.165) is 5.56 Å². The molecule has 0 saturated heterocycles. The molecule has 0 spiro atoms. The van der Waals surface area contributed by atoms with E-state index < -0.39 is 17.8 Å². The standard InChI is InChI=1S/C19H15ClF2N2O2/c1-10(12-6-8-13(21)9-7-12)23-19(25)16-11(2)26-24-18(16)17-14(20)4-3-5-15(17)22/h3-10H,1-2H3,(H,23,25). The van der Waals surface area contributed by atoms with Crippen molar-refractivity contribution in [2.75, 3.05) is 0 Å². The number of carbonyl (C=O) groups is 1. The molecule has 1 heterocycles. The summed E-state index contributed by atoms with van der Waals surface area (Å²) >= 11 is 6.08. The SMILES string of the molecule is Cc1onc(-c2c(F)cccc2Cl)c1C(=O)NC(C)c1ccc(F)cc1. The van der Waals surface area contributed by atoms with Gasteiger partial charge in [-0.3, -0.25) is 4.79 Å².